The summed E-state index contributed by atoms with van der Waals surface area (Å²) in [6, 6.07) is 8.22. The third kappa shape index (κ3) is 2.94. The Morgan fingerprint density at radius 1 is 1.33 bits per heavy atom. The van der Waals surface area contributed by atoms with Crippen LogP contribution in [0.15, 0.2) is 24.3 Å². The highest BCUT2D eigenvalue weighted by molar-refractivity contribution is 7.05. The summed E-state index contributed by atoms with van der Waals surface area (Å²) in [7, 11) is 0. The average Bonchev–Trinajstić information content (AvgIpc) is 2.77. The minimum absolute atomic E-state index is 0.297. The molecule has 1 aromatic carbocycles. The van der Waals surface area contributed by atoms with Crippen LogP contribution in [0.1, 0.15) is 47.6 Å². The fourth-order valence-corrected chi connectivity index (χ4v) is 2.78. The van der Waals surface area contributed by atoms with Crippen molar-refractivity contribution in [1.82, 2.24) is 9.59 Å². The van der Waals surface area contributed by atoms with Crippen LogP contribution in [0.25, 0.3) is 0 Å². The van der Waals surface area contributed by atoms with Crippen molar-refractivity contribution < 1.29 is 5.11 Å². The number of aryl methyl sites for hydroxylation is 1. The van der Waals surface area contributed by atoms with Gasteiger partial charge in [0.25, 0.3) is 0 Å². The highest BCUT2D eigenvalue weighted by Crippen LogP contribution is 2.28. The lowest BCUT2D eigenvalue weighted by Crippen LogP contribution is -2.04. The molecule has 0 saturated carbocycles. The SMILES string of the molecule is Cc1cccc(CC(O)c2snnc2C(C)C)c1. The Balaban J connectivity index is 2.17. The van der Waals surface area contributed by atoms with Crippen LogP contribution in [0, 0.1) is 6.92 Å². The van der Waals surface area contributed by atoms with E-state index in [1.807, 2.05) is 12.1 Å². The van der Waals surface area contributed by atoms with Gasteiger partial charge in [-0.2, -0.15) is 0 Å². The first-order valence-corrected chi connectivity index (χ1v) is 6.91. The lowest BCUT2D eigenvalue weighted by Gasteiger charge is -2.11. The normalized spacial score (nSPS) is 12.9. The van der Waals surface area contributed by atoms with Gasteiger partial charge in [-0.1, -0.05) is 48.2 Å². The number of aliphatic hydroxyl groups excluding tert-OH is 1. The van der Waals surface area contributed by atoms with Crippen LogP contribution in [0.2, 0.25) is 0 Å². The van der Waals surface area contributed by atoms with Crippen LogP contribution in [-0.4, -0.2) is 14.7 Å². The first kappa shape index (κ1) is 13.2. The van der Waals surface area contributed by atoms with Crippen LogP contribution in [-0.2, 0) is 6.42 Å². The van der Waals surface area contributed by atoms with Crippen LogP contribution in [0.3, 0.4) is 0 Å². The second-order valence-electron chi connectivity index (χ2n) is 4.89. The van der Waals surface area contributed by atoms with E-state index in [9.17, 15) is 5.11 Å². The average molecular weight is 262 g/mol. The molecule has 2 rings (SSSR count). The second kappa shape index (κ2) is 5.59. The summed E-state index contributed by atoms with van der Waals surface area (Å²) in [6.07, 6.45) is 0.106. The van der Waals surface area contributed by atoms with Gasteiger partial charge in [-0.15, -0.1) is 5.10 Å². The topological polar surface area (TPSA) is 46.0 Å². The number of benzene rings is 1. The minimum atomic E-state index is -0.510. The molecule has 0 spiro atoms. The van der Waals surface area contributed by atoms with Gasteiger partial charge in [0.2, 0.25) is 0 Å². The molecule has 0 aliphatic carbocycles. The molecule has 3 nitrogen and oxygen atoms in total. The molecule has 0 amide bonds. The molecule has 0 aliphatic heterocycles. The lowest BCUT2D eigenvalue weighted by molar-refractivity contribution is 0.180. The van der Waals surface area contributed by atoms with Crippen molar-refractivity contribution in [3.63, 3.8) is 0 Å². The summed E-state index contributed by atoms with van der Waals surface area (Å²) in [5.41, 5.74) is 3.27. The van der Waals surface area contributed by atoms with Crippen LogP contribution >= 0.6 is 11.5 Å². The van der Waals surface area contributed by atoms with Gasteiger partial charge in [-0.05, 0) is 29.9 Å². The van der Waals surface area contributed by atoms with Gasteiger partial charge in [0, 0.05) is 6.42 Å². The quantitative estimate of drug-likeness (QED) is 0.920. The van der Waals surface area contributed by atoms with E-state index in [-0.39, 0.29) is 0 Å². The highest BCUT2D eigenvalue weighted by Gasteiger charge is 2.19. The number of hydrogen-bond acceptors (Lipinski definition) is 4. The molecule has 0 radical (unpaired) electrons. The zero-order valence-electron chi connectivity index (χ0n) is 10.9. The van der Waals surface area contributed by atoms with Gasteiger partial charge < -0.3 is 5.11 Å². The third-order valence-electron chi connectivity index (χ3n) is 2.90. The smallest absolute Gasteiger partial charge is 0.0957 e. The molecule has 1 aromatic heterocycles. The molecule has 96 valence electrons. The van der Waals surface area contributed by atoms with Crippen LogP contribution in [0.4, 0.5) is 0 Å². The number of hydrogen-bond donors (Lipinski definition) is 1. The number of aliphatic hydroxyl groups is 1. The monoisotopic (exact) mass is 262 g/mol. The first-order valence-electron chi connectivity index (χ1n) is 6.13. The van der Waals surface area contributed by atoms with E-state index in [1.54, 1.807) is 0 Å². The Morgan fingerprint density at radius 2 is 2.11 bits per heavy atom. The Bertz CT molecular complexity index is 522. The molecule has 1 N–H and O–H groups in total. The molecule has 0 saturated heterocycles. The molecule has 0 bridgehead atoms. The summed E-state index contributed by atoms with van der Waals surface area (Å²) in [5.74, 6) is 0.297. The van der Waals surface area contributed by atoms with Crippen molar-refractivity contribution in [2.24, 2.45) is 0 Å². The summed E-state index contributed by atoms with van der Waals surface area (Å²) in [5, 5.41) is 14.4. The van der Waals surface area contributed by atoms with Crippen molar-refractivity contribution >= 4 is 11.5 Å². The van der Waals surface area contributed by atoms with Gasteiger partial charge in [0.05, 0.1) is 16.7 Å². The Hall–Kier alpha value is -1.26. The predicted octanol–water partition coefficient (Wildman–Crippen LogP) is 3.25. The maximum absolute atomic E-state index is 10.3. The molecule has 4 heteroatoms. The molecular weight excluding hydrogens is 244 g/mol. The van der Waals surface area contributed by atoms with Crippen molar-refractivity contribution in [1.29, 1.82) is 0 Å². The van der Waals surface area contributed by atoms with E-state index in [4.69, 9.17) is 0 Å². The van der Waals surface area contributed by atoms with Gasteiger partial charge >= 0.3 is 0 Å². The largest absolute Gasteiger partial charge is 0.387 e. The van der Waals surface area contributed by atoms with Crippen molar-refractivity contribution in [3.8, 4) is 0 Å². The van der Waals surface area contributed by atoms with Gasteiger partial charge in [0.15, 0.2) is 0 Å². The van der Waals surface area contributed by atoms with E-state index in [0.717, 1.165) is 16.1 Å². The zero-order chi connectivity index (χ0) is 13.1. The molecule has 1 unspecified atom stereocenters. The molecule has 0 fully saturated rings. The van der Waals surface area contributed by atoms with Gasteiger partial charge in [-0.3, -0.25) is 0 Å². The first-order chi connectivity index (χ1) is 8.58. The predicted molar refractivity (Wildman–Crippen MR) is 73.8 cm³/mol. The maximum Gasteiger partial charge on any atom is 0.0957 e. The van der Waals surface area contributed by atoms with E-state index in [0.29, 0.717) is 12.3 Å². The van der Waals surface area contributed by atoms with E-state index in [1.165, 1.54) is 17.1 Å². The Kier molecular flexibility index (Phi) is 4.09. The summed E-state index contributed by atoms with van der Waals surface area (Å²) < 4.78 is 3.96. The minimum Gasteiger partial charge on any atom is -0.387 e. The summed E-state index contributed by atoms with van der Waals surface area (Å²) >= 11 is 1.30. The Labute approximate surface area is 112 Å². The van der Waals surface area contributed by atoms with Crippen LogP contribution < -0.4 is 0 Å². The lowest BCUT2D eigenvalue weighted by atomic mass is 10.0. The van der Waals surface area contributed by atoms with Crippen LogP contribution in [0.5, 0.6) is 0 Å². The molecular formula is C14H18N2OS. The van der Waals surface area contributed by atoms with E-state index in [2.05, 4.69) is 42.5 Å². The van der Waals surface area contributed by atoms with Crippen molar-refractivity contribution in [2.45, 2.75) is 39.2 Å². The summed E-state index contributed by atoms with van der Waals surface area (Å²) in [4.78, 5) is 0.895. The van der Waals surface area contributed by atoms with Crippen molar-refractivity contribution in [3.05, 3.63) is 46.0 Å². The van der Waals surface area contributed by atoms with Gasteiger partial charge in [-0.25, -0.2) is 0 Å². The van der Waals surface area contributed by atoms with Crippen molar-refractivity contribution in [2.75, 3.05) is 0 Å². The molecule has 2 aromatic rings. The fourth-order valence-electron chi connectivity index (χ4n) is 1.99. The standard InChI is InChI=1S/C14H18N2OS/c1-9(2)13-14(18-16-15-13)12(17)8-11-6-4-5-10(3)7-11/h4-7,9,12,17H,8H2,1-3H3. The van der Waals surface area contributed by atoms with E-state index >= 15 is 0 Å². The number of aromatic nitrogens is 2. The maximum atomic E-state index is 10.3. The summed E-state index contributed by atoms with van der Waals surface area (Å²) in [6.45, 7) is 6.20. The molecule has 18 heavy (non-hydrogen) atoms. The number of rotatable bonds is 4. The molecule has 1 atom stereocenters. The molecule has 1 heterocycles. The Morgan fingerprint density at radius 3 is 2.78 bits per heavy atom. The third-order valence-corrected chi connectivity index (χ3v) is 3.74. The number of nitrogens with zero attached hydrogens (tertiary/aromatic N) is 2. The fraction of sp³-hybridized carbons (Fsp3) is 0.429. The second-order valence-corrected chi connectivity index (χ2v) is 5.67. The zero-order valence-corrected chi connectivity index (χ0v) is 11.7. The highest BCUT2D eigenvalue weighted by atomic mass is 32.1. The van der Waals surface area contributed by atoms with Gasteiger partial charge in [0.1, 0.15) is 0 Å². The van der Waals surface area contributed by atoms with E-state index < -0.39 is 6.10 Å². The molecule has 0 aliphatic rings.